The van der Waals surface area contributed by atoms with Crippen LogP contribution in [0.4, 0.5) is 0 Å². The Kier molecular flexibility index (Phi) is 18.4. The largest absolute Gasteiger partial charge is 0.392 e. The highest BCUT2D eigenvalue weighted by molar-refractivity contribution is 5.87. The topological polar surface area (TPSA) is 41.1 Å². The van der Waals surface area contributed by atoms with Gasteiger partial charge in [-0.1, -0.05) is 74.6 Å². The molecular formula is C31H50N2O. The summed E-state index contributed by atoms with van der Waals surface area (Å²) in [4.78, 5) is 12.3. The minimum Gasteiger partial charge on any atom is -0.392 e. The second kappa shape index (κ2) is 19.9. The third-order valence-electron chi connectivity index (χ3n) is 6.23. The van der Waals surface area contributed by atoms with Gasteiger partial charge in [0.15, 0.2) is 0 Å². The molecule has 3 nitrogen and oxygen atoms in total. The van der Waals surface area contributed by atoms with Crippen LogP contribution in [0.1, 0.15) is 85.1 Å². The van der Waals surface area contributed by atoms with Crippen LogP contribution in [0.3, 0.4) is 0 Å². The summed E-state index contributed by atoms with van der Waals surface area (Å²) in [5.74, 6) is 0.738. The molecule has 0 unspecified atom stereocenters. The van der Waals surface area contributed by atoms with Gasteiger partial charge in [-0.25, -0.2) is 0 Å². The van der Waals surface area contributed by atoms with Gasteiger partial charge in [0.05, 0.1) is 0 Å². The quantitative estimate of drug-likeness (QED) is 0.209. The van der Waals surface area contributed by atoms with Gasteiger partial charge in [-0.2, -0.15) is 0 Å². The lowest BCUT2D eigenvalue weighted by Crippen LogP contribution is -2.43. The first-order valence-electron chi connectivity index (χ1n) is 13.1. The molecule has 1 aromatic carbocycles. The van der Waals surface area contributed by atoms with Gasteiger partial charge in [0.2, 0.25) is 5.91 Å². The Hall–Kier alpha value is -2.55. The molecule has 0 atom stereocenters. The first kappa shape index (κ1) is 31.4. The minimum absolute atomic E-state index is 0.0225. The molecule has 1 saturated carbocycles. The van der Waals surface area contributed by atoms with Crippen LogP contribution in [0.25, 0.3) is 0 Å². The van der Waals surface area contributed by atoms with Crippen LogP contribution >= 0.6 is 0 Å². The van der Waals surface area contributed by atoms with Crippen LogP contribution in [-0.4, -0.2) is 19.5 Å². The molecule has 1 aliphatic rings. The highest BCUT2D eigenvalue weighted by atomic mass is 16.1. The van der Waals surface area contributed by atoms with E-state index < -0.39 is 0 Å². The summed E-state index contributed by atoms with van der Waals surface area (Å²) in [5, 5.41) is 6.51. The standard InChI is InChI=1S/C26H38N2O.C3H6.C2H6/c1-4-6-7-8-12-15-25(29)28-21-26(23-13-10-9-11-14-23)18-16-22(17-19-26)20-24(5-2)27-3;1-3-2;1-2/h4-6,9-15,22,27H,7-8,16-21H2,1-3H3,(H,28,29);3H,1H2,2H3;1-2H3/b6-4+,15-12+,24-5-;;. The predicted molar refractivity (Wildman–Crippen MR) is 151 cm³/mol. The van der Waals surface area contributed by atoms with Crippen molar-refractivity contribution in [3.63, 3.8) is 0 Å². The Morgan fingerprint density at radius 2 is 1.65 bits per heavy atom. The zero-order valence-corrected chi connectivity index (χ0v) is 22.7. The van der Waals surface area contributed by atoms with Crippen LogP contribution in [-0.2, 0) is 10.2 Å². The normalized spacial score (nSPS) is 20.1. The van der Waals surface area contributed by atoms with Crippen molar-refractivity contribution in [2.75, 3.05) is 13.6 Å². The number of unbranched alkanes of at least 4 members (excludes halogenated alkanes) is 1. The lowest BCUT2D eigenvalue weighted by Gasteiger charge is -2.41. The van der Waals surface area contributed by atoms with E-state index in [2.05, 4.69) is 66.6 Å². The van der Waals surface area contributed by atoms with E-state index in [0.717, 1.165) is 32.1 Å². The second-order valence-corrected chi connectivity index (χ2v) is 8.53. The van der Waals surface area contributed by atoms with Crippen molar-refractivity contribution in [1.29, 1.82) is 0 Å². The van der Waals surface area contributed by atoms with Crippen molar-refractivity contribution in [3.8, 4) is 0 Å². The number of rotatable bonds is 10. The smallest absolute Gasteiger partial charge is 0.243 e. The Bertz CT molecular complexity index is 738. The van der Waals surface area contributed by atoms with E-state index in [4.69, 9.17) is 0 Å². The number of benzene rings is 1. The minimum atomic E-state index is 0.0225. The van der Waals surface area contributed by atoms with Crippen LogP contribution < -0.4 is 10.6 Å². The highest BCUT2D eigenvalue weighted by Gasteiger charge is 2.37. The maximum atomic E-state index is 12.3. The van der Waals surface area contributed by atoms with E-state index >= 15 is 0 Å². The average molecular weight is 467 g/mol. The summed E-state index contributed by atoms with van der Waals surface area (Å²) >= 11 is 0. The third-order valence-corrected chi connectivity index (χ3v) is 6.23. The number of hydrogen-bond donors (Lipinski definition) is 2. The summed E-state index contributed by atoms with van der Waals surface area (Å²) < 4.78 is 0. The maximum Gasteiger partial charge on any atom is 0.243 e. The van der Waals surface area contributed by atoms with E-state index in [1.54, 1.807) is 12.2 Å². The average Bonchev–Trinajstić information content (AvgIpc) is 2.89. The predicted octanol–water partition coefficient (Wildman–Crippen LogP) is 7.88. The van der Waals surface area contributed by atoms with E-state index in [0.29, 0.717) is 12.5 Å². The molecule has 0 bridgehead atoms. The fourth-order valence-corrected chi connectivity index (χ4v) is 4.33. The molecule has 0 heterocycles. The van der Waals surface area contributed by atoms with E-state index in [-0.39, 0.29) is 11.3 Å². The van der Waals surface area contributed by atoms with Crippen LogP contribution in [0.5, 0.6) is 0 Å². The molecule has 0 saturated heterocycles. The lowest BCUT2D eigenvalue weighted by atomic mass is 9.66. The molecule has 0 radical (unpaired) electrons. The molecule has 34 heavy (non-hydrogen) atoms. The number of carbonyl (C=O) groups is 1. The van der Waals surface area contributed by atoms with E-state index in [1.165, 1.54) is 24.1 Å². The molecule has 1 fully saturated rings. The fourth-order valence-electron chi connectivity index (χ4n) is 4.33. The van der Waals surface area contributed by atoms with Crippen molar-refractivity contribution in [3.05, 3.63) is 84.6 Å². The number of allylic oxidation sites excluding steroid dienone is 6. The third kappa shape index (κ3) is 12.1. The van der Waals surface area contributed by atoms with Crippen LogP contribution in [0.2, 0.25) is 0 Å². The van der Waals surface area contributed by atoms with Crippen molar-refractivity contribution in [2.24, 2.45) is 5.92 Å². The van der Waals surface area contributed by atoms with Gasteiger partial charge < -0.3 is 10.6 Å². The number of nitrogens with one attached hydrogen (secondary N) is 2. The monoisotopic (exact) mass is 466 g/mol. The Morgan fingerprint density at radius 1 is 1.06 bits per heavy atom. The SMILES string of the molecule is C/C=C(/CC1CCC(CNC(=O)/C=C/CC/C=C/C)(c2ccccc2)CC1)NC.C=CC.CC. The Balaban J connectivity index is 0.00000201. The zero-order valence-electron chi connectivity index (χ0n) is 22.7. The van der Waals surface area contributed by atoms with Gasteiger partial charge in [0.25, 0.3) is 0 Å². The molecule has 3 heteroatoms. The van der Waals surface area contributed by atoms with Gasteiger partial charge in [-0.15, -0.1) is 6.58 Å². The zero-order chi connectivity index (χ0) is 25.7. The van der Waals surface area contributed by atoms with Crippen LogP contribution in [0.15, 0.2) is 79.1 Å². The van der Waals surface area contributed by atoms with Crippen molar-refractivity contribution in [1.82, 2.24) is 10.6 Å². The fraction of sp³-hybridized carbons (Fsp3) is 0.516. The Labute approximate surface area is 210 Å². The van der Waals surface area contributed by atoms with Crippen molar-refractivity contribution >= 4 is 5.91 Å². The lowest BCUT2D eigenvalue weighted by molar-refractivity contribution is -0.116. The second-order valence-electron chi connectivity index (χ2n) is 8.53. The summed E-state index contributed by atoms with van der Waals surface area (Å²) in [5.41, 5.74) is 2.73. The van der Waals surface area contributed by atoms with Gasteiger partial charge in [0.1, 0.15) is 0 Å². The van der Waals surface area contributed by atoms with E-state index in [1.807, 2.05) is 46.9 Å². The molecule has 1 aromatic rings. The summed E-state index contributed by atoms with van der Waals surface area (Å²) in [6.45, 7) is 14.1. The first-order valence-corrected chi connectivity index (χ1v) is 13.1. The molecule has 0 aliphatic heterocycles. The number of hydrogen-bond acceptors (Lipinski definition) is 2. The molecule has 0 spiro atoms. The van der Waals surface area contributed by atoms with Gasteiger partial charge in [-0.05, 0) is 83.3 Å². The molecule has 1 amide bonds. The molecular weight excluding hydrogens is 416 g/mol. The van der Waals surface area contributed by atoms with Crippen molar-refractivity contribution < 1.29 is 4.79 Å². The molecule has 2 N–H and O–H groups in total. The molecule has 1 aliphatic carbocycles. The summed E-state index contributed by atoms with van der Waals surface area (Å²) in [6.07, 6.45) is 19.4. The Morgan fingerprint density at radius 3 is 2.18 bits per heavy atom. The first-order chi connectivity index (χ1) is 16.5. The summed E-state index contributed by atoms with van der Waals surface area (Å²) in [6, 6.07) is 10.8. The molecule has 2 rings (SSSR count). The number of amides is 1. The highest BCUT2D eigenvalue weighted by Crippen LogP contribution is 2.42. The maximum absolute atomic E-state index is 12.3. The summed E-state index contributed by atoms with van der Waals surface area (Å²) in [7, 11) is 2.01. The van der Waals surface area contributed by atoms with Gasteiger partial charge in [-0.3, -0.25) is 4.79 Å². The molecule has 0 aromatic heterocycles. The van der Waals surface area contributed by atoms with Gasteiger partial charge >= 0.3 is 0 Å². The van der Waals surface area contributed by atoms with Crippen LogP contribution in [0, 0.1) is 5.92 Å². The number of carbonyl (C=O) groups excluding carboxylic acids is 1. The van der Waals surface area contributed by atoms with Gasteiger partial charge in [0, 0.05) is 24.7 Å². The van der Waals surface area contributed by atoms with E-state index in [9.17, 15) is 4.79 Å². The molecule has 190 valence electrons. The van der Waals surface area contributed by atoms with Crippen molar-refractivity contribution in [2.45, 2.75) is 85.0 Å².